The molecular formula is C24H41N3O5. The predicted molar refractivity (Wildman–Crippen MR) is 121 cm³/mol. The molecular weight excluding hydrogens is 410 g/mol. The van der Waals surface area contributed by atoms with E-state index in [0.29, 0.717) is 13.0 Å². The van der Waals surface area contributed by atoms with Gasteiger partial charge in [0.25, 0.3) is 0 Å². The minimum Gasteiger partial charge on any atom is -0.394 e. The van der Waals surface area contributed by atoms with Gasteiger partial charge in [-0.3, -0.25) is 14.4 Å². The van der Waals surface area contributed by atoms with Gasteiger partial charge in [-0.2, -0.15) is 0 Å². The number of rotatable bonds is 10. The summed E-state index contributed by atoms with van der Waals surface area (Å²) in [4.78, 5) is 42.1. The Kier molecular flexibility index (Phi) is 7.25. The van der Waals surface area contributed by atoms with Crippen molar-refractivity contribution in [3.05, 3.63) is 0 Å². The minimum atomic E-state index is -1.06. The number of hydrogen-bond donors (Lipinski definition) is 3. The van der Waals surface area contributed by atoms with Crippen LogP contribution in [0.15, 0.2) is 0 Å². The highest BCUT2D eigenvalue weighted by Gasteiger charge is 2.80. The van der Waals surface area contributed by atoms with Crippen LogP contribution in [0.3, 0.4) is 0 Å². The Balaban J connectivity index is 2.06. The molecule has 3 saturated heterocycles. The summed E-state index contributed by atoms with van der Waals surface area (Å²) in [5, 5.41) is 16.0. The number of likely N-dealkylation sites (tertiary alicyclic amines) is 1. The van der Waals surface area contributed by atoms with Crippen LogP contribution in [-0.4, -0.2) is 71.2 Å². The fourth-order valence-corrected chi connectivity index (χ4v) is 6.39. The highest BCUT2D eigenvalue weighted by Crippen LogP contribution is 2.65. The fraction of sp³-hybridized carbons (Fsp3) is 0.875. The van der Waals surface area contributed by atoms with E-state index in [-0.39, 0.29) is 36.2 Å². The van der Waals surface area contributed by atoms with Gasteiger partial charge in [-0.1, -0.05) is 47.0 Å². The quantitative estimate of drug-likeness (QED) is 0.436. The first-order valence-electron chi connectivity index (χ1n) is 12.3. The molecule has 3 heterocycles. The third kappa shape index (κ3) is 3.54. The Morgan fingerprint density at radius 2 is 1.97 bits per heavy atom. The Hall–Kier alpha value is -1.67. The van der Waals surface area contributed by atoms with E-state index in [1.54, 1.807) is 11.9 Å². The number of carbonyl (C=O) groups excluding carboxylic acids is 3. The van der Waals surface area contributed by atoms with Gasteiger partial charge in [0, 0.05) is 13.6 Å². The lowest BCUT2D eigenvalue weighted by Crippen LogP contribution is -2.59. The summed E-state index contributed by atoms with van der Waals surface area (Å²) in [7, 11) is 1.57. The van der Waals surface area contributed by atoms with Crippen LogP contribution in [0, 0.1) is 23.7 Å². The van der Waals surface area contributed by atoms with Crippen molar-refractivity contribution in [1.82, 2.24) is 15.5 Å². The molecule has 0 aliphatic carbocycles. The van der Waals surface area contributed by atoms with Crippen LogP contribution in [-0.2, 0) is 19.1 Å². The second kappa shape index (κ2) is 9.29. The molecule has 8 heteroatoms. The van der Waals surface area contributed by atoms with E-state index in [1.807, 2.05) is 27.7 Å². The lowest BCUT2D eigenvalue weighted by molar-refractivity contribution is -0.152. The summed E-state index contributed by atoms with van der Waals surface area (Å²) in [6.07, 6.45) is 4.21. The second-order valence-electron chi connectivity index (χ2n) is 10.2. The van der Waals surface area contributed by atoms with Crippen LogP contribution < -0.4 is 10.6 Å². The van der Waals surface area contributed by atoms with Crippen LogP contribution in [0.5, 0.6) is 0 Å². The summed E-state index contributed by atoms with van der Waals surface area (Å²) >= 11 is 0. The largest absolute Gasteiger partial charge is 0.394 e. The zero-order chi connectivity index (χ0) is 23.8. The van der Waals surface area contributed by atoms with Crippen molar-refractivity contribution >= 4 is 17.7 Å². The highest BCUT2D eigenvalue weighted by atomic mass is 16.5. The molecule has 32 heavy (non-hydrogen) atoms. The van der Waals surface area contributed by atoms with Gasteiger partial charge < -0.3 is 25.4 Å². The Bertz CT molecular complexity index is 745. The van der Waals surface area contributed by atoms with Crippen molar-refractivity contribution in [2.45, 2.75) is 90.0 Å². The van der Waals surface area contributed by atoms with Crippen molar-refractivity contribution in [3.63, 3.8) is 0 Å². The molecule has 8 nitrogen and oxygen atoms in total. The molecule has 3 amide bonds. The van der Waals surface area contributed by atoms with Gasteiger partial charge in [-0.15, -0.1) is 0 Å². The van der Waals surface area contributed by atoms with E-state index in [2.05, 4.69) is 17.6 Å². The monoisotopic (exact) mass is 451 g/mol. The van der Waals surface area contributed by atoms with E-state index in [1.165, 1.54) is 0 Å². The van der Waals surface area contributed by atoms with Crippen LogP contribution in [0.2, 0.25) is 0 Å². The normalized spacial score (nSPS) is 37.3. The van der Waals surface area contributed by atoms with Crippen LogP contribution in [0.25, 0.3) is 0 Å². The Morgan fingerprint density at radius 3 is 2.53 bits per heavy atom. The van der Waals surface area contributed by atoms with Crippen molar-refractivity contribution in [2.75, 3.05) is 20.2 Å². The molecule has 0 saturated carbocycles. The van der Waals surface area contributed by atoms with Gasteiger partial charge >= 0.3 is 0 Å². The lowest BCUT2D eigenvalue weighted by atomic mass is 9.62. The molecule has 3 unspecified atom stereocenters. The van der Waals surface area contributed by atoms with Gasteiger partial charge in [0.05, 0.1) is 30.1 Å². The number of unbranched alkanes of at least 4 members (excludes halogenated alkanes) is 2. The molecule has 3 aliphatic rings. The second-order valence-corrected chi connectivity index (χ2v) is 10.2. The highest BCUT2D eigenvalue weighted by molar-refractivity contribution is 5.99. The third-order valence-corrected chi connectivity index (χ3v) is 8.45. The van der Waals surface area contributed by atoms with Gasteiger partial charge in [0.15, 0.2) is 0 Å². The molecule has 0 radical (unpaired) electrons. The lowest BCUT2D eigenvalue weighted by Gasteiger charge is -2.39. The standard InChI is InChI=1S/C24H41N3O5/c1-7-9-10-11-26-21(30)19-24-12-15(4)23(5,32-24)17(20(29)25-6)18(24)22(31)27(19)16(13-28)14(3)8-2/h14-19,28H,7-13H2,1-6H3,(H,25,29)(H,26,30)/t14-,15?,16-,17+,18-,19?,23-,24?/m0/s1. The molecule has 3 N–H and O–H groups in total. The summed E-state index contributed by atoms with van der Waals surface area (Å²) in [5.41, 5.74) is -1.86. The fourth-order valence-electron chi connectivity index (χ4n) is 6.39. The Morgan fingerprint density at radius 1 is 1.28 bits per heavy atom. The van der Waals surface area contributed by atoms with Crippen molar-refractivity contribution < 1.29 is 24.2 Å². The number of fused-ring (bicyclic) bond motifs is 1. The molecule has 3 aliphatic heterocycles. The van der Waals surface area contributed by atoms with Gasteiger partial charge in [0.2, 0.25) is 17.7 Å². The maximum absolute atomic E-state index is 13.9. The third-order valence-electron chi connectivity index (χ3n) is 8.45. The van der Waals surface area contributed by atoms with E-state index in [4.69, 9.17) is 4.74 Å². The summed E-state index contributed by atoms with van der Waals surface area (Å²) in [6, 6.07) is -1.36. The average Bonchev–Trinajstić information content (AvgIpc) is 3.28. The first-order chi connectivity index (χ1) is 15.1. The SMILES string of the molecule is CCCCCNC(=O)C1N([C@@H](CO)[C@@H](C)CC)C(=O)[C@@H]2[C@H](C(=O)NC)[C@@]3(C)OC12CC3C. The number of aliphatic hydroxyl groups is 1. The van der Waals surface area contributed by atoms with Crippen LogP contribution >= 0.6 is 0 Å². The molecule has 182 valence electrons. The number of carbonyl (C=O) groups is 3. The van der Waals surface area contributed by atoms with Gasteiger partial charge in [-0.25, -0.2) is 0 Å². The average molecular weight is 452 g/mol. The zero-order valence-electron chi connectivity index (χ0n) is 20.4. The number of nitrogens with one attached hydrogen (secondary N) is 2. The van der Waals surface area contributed by atoms with Crippen LogP contribution in [0.1, 0.15) is 66.7 Å². The van der Waals surface area contributed by atoms with Gasteiger partial charge in [-0.05, 0) is 31.6 Å². The molecule has 3 fully saturated rings. The molecule has 2 bridgehead atoms. The van der Waals surface area contributed by atoms with Crippen molar-refractivity contribution in [1.29, 1.82) is 0 Å². The number of aliphatic hydroxyl groups excluding tert-OH is 1. The number of hydrogen-bond acceptors (Lipinski definition) is 5. The first kappa shape index (κ1) is 25.0. The summed E-state index contributed by atoms with van der Waals surface area (Å²) in [5.74, 6) is -2.10. The molecule has 0 aromatic carbocycles. The van der Waals surface area contributed by atoms with E-state index >= 15 is 0 Å². The van der Waals surface area contributed by atoms with Crippen molar-refractivity contribution in [2.24, 2.45) is 23.7 Å². The molecule has 8 atom stereocenters. The predicted octanol–water partition coefficient (Wildman–Crippen LogP) is 1.46. The topological polar surface area (TPSA) is 108 Å². The molecule has 0 aromatic rings. The van der Waals surface area contributed by atoms with Crippen molar-refractivity contribution in [3.8, 4) is 0 Å². The smallest absolute Gasteiger partial charge is 0.245 e. The summed E-state index contributed by atoms with van der Waals surface area (Å²) in [6.45, 7) is 10.3. The maximum atomic E-state index is 13.9. The molecule has 3 rings (SSSR count). The maximum Gasteiger partial charge on any atom is 0.245 e. The van der Waals surface area contributed by atoms with E-state index in [9.17, 15) is 19.5 Å². The minimum absolute atomic E-state index is 0.00164. The summed E-state index contributed by atoms with van der Waals surface area (Å²) < 4.78 is 6.62. The number of nitrogens with zero attached hydrogens (tertiary/aromatic N) is 1. The zero-order valence-corrected chi connectivity index (χ0v) is 20.4. The van der Waals surface area contributed by atoms with E-state index in [0.717, 1.165) is 25.7 Å². The van der Waals surface area contributed by atoms with Gasteiger partial charge in [0.1, 0.15) is 11.6 Å². The van der Waals surface area contributed by atoms with E-state index < -0.39 is 35.1 Å². The number of ether oxygens (including phenoxy) is 1. The molecule has 1 spiro atoms. The number of amides is 3. The first-order valence-corrected chi connectivity index (χ1v) is 12.3. The van der Waals surface area contributed by atoms with Crippen LogP contribution in [0.4, 0.5) is 0 Å². The molecule has 0 aromatic heterocycles. The Labute approximate surface area is 191 Å².